The van der Waals surface area contributed by atoms with Crippen molar-refractivity contribution < 1.29 is 14.3 Å². The average Bonchev–Trinajstić information content (AvgIpc) is 3.12. The van der Waals surface area contributed by atoms with Gasteiger partial charge in [-0.25, -0.2) is 0 Å². The molecule has 0 atom stereocenters. The quantitative estimate of drug-likeness (QED) is 0.256. The molecule has 1 heterocycles. The van der Waals surface area contributed by atoms with Crippen molar-refractivity contribution >= 4 is 51.4 Å². The van der Waals surface area contributed by atoms with E-state index in [9.17, 15) is 9.59 Å². The van der Waals surface area contributed by atoms with Gasteiger partial charge in [-0.05, 0) is 64.9 Å². The number of benzene rings is 4. The Bertz CT molecular complexity index is 1460. The maximum atomic E-state index is 13.2. The summed E-state index contributed by atoms with van der Waals surface area (Å²) in [6.45, 7) is 2.59. The Hall–Kier alpha value is -3.54. The van der Waals surface area contributed by atoms with Crippen LogP contribution < -0.4 is 4.74 Å². The Kier molecular flexibility index (Phi) is 6.62. The standard InChI is InChI=1S/C29H22ClNO3S/c1-19-5-4-6-21(15-19)17-31-28(32)27(35-29(31)33)16-25-24-8-3-2-7-22(24)11-14-26(25)34-18-20-9-12-23(30)13-10-20/h2-16H,17-18H2,1H3/b27-16+. The molecule has 1 aliphatic heterocycles. The van der Waals surface area contributed by atoms with Gasteiger partial charge in [0.25, 0.3) is 11.1 Å². The number of nitrogens with zero attached hydrogens (tertiary/aromatic N) is 1. The minimum Gasteiger partial charge on any atom is -0.488 e. The van der Waals surface area contributed by atoms with Gasteiger partial charge in [0.15, 0.2) is 0 Å². The molecule has 1 saturated heterocycles. The molecule has 174 valence electrons. The summed E-state index contributed by atoms with van der Waals surface area (Å²) >= 11 is 6.96. The maximum Gasteiger partial charge on any atom is 0.293 e. The van der Waals surface area contributed by atoms with E-state index in [-0.39, 0.29) is 17.7 Å². The zero-order chi connectivity index (χ0) is 24.4. The van der Waals surface area contributed by atoms with E-state index in [1.54, 1.807) is 6.08 Å². The van der Waals surface area contributed by atoms with Crippen LogP contribution >= 0.6 is 23.4 Å². The number of ether oxygens (including phenoxy) is 1. The monoisotopic (exact) mass is 499 g/mol. The van der Waals surface area contributed by atoms with Crippen LogP contribution in [0.1, 0.15) is 22.3 Å². The van der Waals surface area contributed by atoms with Crippen LogP contribution in [0.5, 0.6) is 5.75 Å². The number of rotatable bonds is 6. The number of hydrogen-bond donors (Lipinski definition) is 0. The molecule has 4 aromatic rings. The van der Waals surface area contributed by atoms with Gasteiger partial charge >= 0.3 is 0 Å². The van der Waals surface area contributed by atoms with Crippen LogP contribution in [-0.2, 0) is 17.9 Å². The first kappa shape index (κ1) is 23.2. The number of halogens is 1. The van der Waals surface area contributed by atoms with Crippen molar-refractivity contribution in [3.63, 3.8) is 0 Å². The third-order valence-corrected chi connectivity index (χ3v) is 6.97. The molecule has 0 unspecified atom stereocenters. The van der Waals surface area contributed by atoms with E-state index in [4.69, 9.17) is 16.3 Å². The summed E-state index contributed by atoms with van der Waals surface area (Å²) in [5, 5.41) is 2.37. The van der Waals surface area contributed by atoms with Gasteiger partial charge in [0, 0.05) is 10.6 Å². The van der Waals surface area contributed by atoms with Gasteiger partial charge in [0.1, 0.15) is 12.4 Å². The van der Waals surface area contributed by atoms with Crippen molar-refractivity contribution in [1.29, 1.82) is 0 Å². The van der Waals surface area contributed by atoms with Gasteiger partial charge in [-0.2, -0.15) is 0 Å². The summed E-state index contributed by atoms with van der Waals surface area (Å²) in [5.74, 6) is 0.349. The van der Waals surface area contributed by atoms with E-state index in [2.05, 4.69) is 0 Å². The molecule has 0 saturated carbocycles. The molecular formula is C29H22ClNO3S. The molecule has 0 spiro atoms. The lowest BCUT2D eigenvalue weighted by molar-refractivity contribution is -0.123. The number of amides is 2. The molecule has 4 aromatic carbocycles. The Morgan fingerprint density at radius 2 is 1.71 bits per heavy atom. The zero-order valence-corrected chi connectivity index (χ0v) is 20.6. The molecule has 2 amide bonds. The van der Waals surface area contributed by atoms with Gasteiger partial charge in [-0.15, -0.1) is 0 Å². The highest BCUT2D eigenvalue weighted by Crippen LogP contribution is 2.37. The van der Waals surface area contributed by atoms with Crippen molar-refractivity contribution in [3.8, 4) is 5.75 Å². The molecule has 5 rings (SSSR count). The summed E-state index contributed by atoms with van der Waals surface area (Å²) in [5.41, 5.74) is 3.76. The van der Waals surface area contributed by atoms with E-state index < -0.39 is 0 Å². The number of fused-ring (bicyclic) bond motifs is 1. The van der Waals surface area contributed by atoms with Crippen LogP contribution in [0.3, 0.4) is 0 Å². The van der Waals surface area contributed by atoms with Gasteiger partial charge in [0.2, 0.25) is 0 Å². The highest BCUT2D eigenvalue weighted by molar-refractivity contribution is 8.18. The van der Waals surface area contributed by atoms with E-state index in [1.165, 1.54) is 4.90 Å². The lowest BCUT2D eigenvalue weighted by Crippen LogP contribution is -2.27. The van der Waals surface area contributed by atoms with Crippen molar-refractivity contribution in [1.82, 2.24) is 4.90 Å². The summed E-state index contributed by atoms with van der Waals surface area (Å²) in [6, 6.07) is 27.1. The van der Waals surface area contributed by atoms with Crippen molar-refractivity contribution in [2.75, 3.05) is 0 Å². The molecule has 6 heteroatoms. The molecule has 0 bridgehead atoms. The lowest BCUT2D eigenvalue weighted by Gasteiger charge is -2.14. The maximum absolute atomic E-state index is 13.2. The third kappa shape index (κ3) is 5.11. The number of hydrogen-bond acceptors (Lipinski definition) is 4. The first-order valence-electron chi connectivity index (χ1n) is 11.2. The van der Waals surface area contributed by atoms with E-state index in [1.807, 2.05) is 91.9 Å². The van der Waals surface area contributed by atoms with E-state index in [0.29, 0.717) is 22.3 Å². The largest absolute Gasteiger partial charge is 0.488 e. The highest BCUT2D eigenvalue weighted by atomic mass is 35.5. The fraction of sp³-hybridized carbons (Fsp3) is 0.103. The van der Waals surface area contributed by atoms with Crippen LogP contribution in [0.4, 0.5) is 4.79 Å². The summed E-state index contributed by atoms with van der Waals surface area (Å²) in [6.07, 6.45) is 1.78. The number of imide groups is 1. The molecule has 1 aliphatic rings. The Morgan fingerprint density at radius 3 is 2.51 bits per heavy atom. The van der Waals surface area contributed by atoms with Gasteiger partial charge in [-0.3, -0.25) is 14.5 Å². The van der Waals surface area contributed by atoms with Crippen LogP contribution in [0, 0.1) is 6.92 Å². The Morgan fingerprint density at radius 1 is 0.914 bits per heavy atom. The van der Waals surface area contributed by atoms with E-state index in [0.717, 1.165) is 44.8 Å². The van der Waals surface area contributed by atoms with Gasteiger partial charge in [0.05, 0.1) is 11.4 Å². The van der Waals surface area contributed by atoms with Gasteiger partial charge in [-0.1, -0.05) is 83.9 Å². The van der Waals surface area contributed by atoms with Crippen LogP contribution in [0.2, 0.25) is 5.02 Å². The third-order valence-electron chi connectivity index (χ3n) is 5.81. The minimum atomic E-state index is -0.293. The van der Waals surface area contributed by atoms with E-state index >= 15 is 0 Å². The fourth-order valence-corrected chi connectivity index (χ4v) is 5.00. The molecule has 0 N–H and O–H groups in total. The zero-order valence-electron chi connectivity index (χ0n) is 19.0. The first-order valence-corrected chi connectivity index (χ1v) is 12.4. The van der Waals surface area contributed by atoms with Crippen molar-refractivity contribution in [2.24, 2.45) is 0 Å². The summed E-state index contributed by atoms with van der Waals surface area (Å²) in [7, 11) is 0. The van der Waals surface area contributed by atoms with Crippen molar-refractivity contribution in [3.05, 3.63) is 117 Å². The van der Waals surface area contributed by atoms with Crippen molar-refractivity contribution in [2.45, 2.75) is 20.1 Å². The van der Waals surface area contributed by atoms with Gasteiger partial charge < -0.3 is 4.74 Å². The molecule has 0 aliphatic carbocycles. The number of carbonyl (C=O) groups is 2. The molecule has 0 radical (unpaired) electrons. The summed E-state index contributed by atoms with van der Waals surface area (Å²) < 4.78 is 6.17. The second-order valence-electron chi connectivity index (χ2n) is 8.37. The lowest BCUT2D eigenvalue weighted by atomic mass is 10.0. The SMILES string of the molecule is Cc1cccc(CN2C(=O)S/C(=C/c3c(OCc4ccc(Cl)cc4)ccc4ccccc34)C2=O)c1. The smallest absolute Gasteiger partial charge is 0.293 e. The minimum absolute atomic E-state index is 0.249. The highest BCUT2D eigenvalue weighted by Gasteiger charge is 2.35. The number of carbonyl (C=O) groups excluding carboxylic acids is 2. The molecule has 0 aromatic heterocycles. The predicted molar refractivity (Wildman–Crippen MR) is 142 cm³/mol. The second-order valence-corrected chi connectivity index (χ2v) is 9.80. The fourth-order valence-electron chi connectivity index (χ4n) is 4.05. The molecule has 4 nitrogen and oxygen atoms in total. The number of thioether (sulfide) groups is 1. The van der Waals surface area contributed by atoms with Crippen LogP contribution in [-0.4, -0.2) is 16.0 Å². The Labute approximate surface area is 213 Å². The Balaban J connectivity index is 1.47. The van der Waals surface area contributed by atoms with Crippen LogP contribution in [0.25, 0.3) is 16.8 Å². The number of aryl methyl sites for hydroxylation is 1. The molecule has 1 fully saturated rings. The van der Waals surface area contributed by atoms with Crippen LogP contribution in [0.15, 0.2) is 89.8 Å². The normalized spacial score (nSPS) is 14.8. The topological polar surface area (TPSA) is 46.6 Å². The first-order chi connectivity index (χ1) is 17.0. The summed E-state index contributed by atoms with van der Waals surface area (Å²) in [4.78, 5) is 27.7. The predicted octanol–water partition coefficient (Wildman–Crippen LogP) is 7.62. The molecule has 35 heavy (non-hydrogen) atoms. The second kappa shape index (κ2) is 9.98. The molecular weight excluding hydrogens is 478 g/mol. The average molecular weight is 500 g/mol.